The molecule has 0 saturated heterocycles. The van der Waals surface area contributed by atoms with Crippen molar-refractivity contribution in [2.75, 3.05) is 5.32 Å². The molecule has 1 aliphatic heterocycles. The van der Waals surface area contributed by atoms with E-state index in [1.807, 2.05) is 11.4 Å². The fraction of sp³-hybridized carbons (Fsp3) is 0.312. The first-order chi connectivity index (χ1) is 10.1. The normalized spacial score (nSPS) is 18.7. The Balaban J connectivity index is 1.90. The smallest absolute Gasteiger partial charge is 0.246 e. The van der Waals surface area contributed by atoms with E-state index < -0.39 is 6.04 Å². The van der Waals surface area contributed by atoms with E-state index in [1.165, 1.54) is 17.0 Å². The number of nitrogens with one attached hydrogen (secondary N) is 2. The molecule has 3 nitrogen and oxygen atoms in total. The lowest BCUT2D eigenvalue weighted by Gasteiger charge is -2.24. The van der Waals surface area contributed by atoms with E-state index in [1.54, 1.807) is 17.4 Å². The third-order valence-electron chi connectivity index (χ3n) is 3.71. The van der Waals surface area contributed by atoms with E-state index in [0.29, 0.717) is 17.2 Å². The minimum absolute atomic E-state index is 0.0648. The van der Waals surface area contributed by atoms with Crippen LogP contribution in [0, 0.1) is 11.7 Å². The molecule has 0 bridgehead atoms. The zero-order chi connectivity index (χ0) is 15.0. The summed E-state index contributed by atoms with van der Waals surface area (Å²) in [5.74, 6) is -0.124. The van der Waals surface area contributed by atoms with Crippen LogP contribution in [-0.2, 0) is 4.79 Å². The summed E-state index contributed by atoms with van der Waals surface area (Å²) in [7, 11) is 0. The zero-order valence-electron chi connectivity index (χ0n) is 11.9. The summed E-state index contributed by atoms with van der Waals surface area (Å²) in [6, 6.07) is 8.01. The van der Waals surface area contributed by atoms with Gasteiger partial charge in [-0.1, -0.05) is 19.9 Å². The highest BCUT2D eigenvalue weighted by atomic mass is 32.1. The second-order valence-electron chi connectivity index (χ2n) is 5.56. The van der Waals surface area contributed by atoms with Crippen LogP contribution in [0.5, 0.6) is 0 Å². The predicted octanol–water partition coefficient (Wildman–Crippen LogP) is 3.87. The molecule has 1 aliphatic rings. The number of benzene rings is 1. The Kier molecular flexibility index (Phi) is 3.78. The third-order valence-corrected chi connectivity index (χ3v) is 4.66. The molecule has 0 aliphatic carbocycles. The van der Waals surface area contributed by atoms with Crippen LogP contribution in [0.2, 0.25) is 0 Å². The Morgan fingerprint density at radius 3 is 2.81 bits per heavy atom. The van der Waals surface area contributed by atoms with Crippen LogP contribution in [0.25, 0.3) is 0 Å². The fourth-order valence-electron chi connectivity index (χ4n) is 2.65. The molecular formula is C16H17FN2OS. The summed E-state index contributed by atoms with van der Waals surface area (Å²) in [6.07, 6.45) is 0. The molecule has 0 saturated carbocycles. The lowest BCUT2D eigenvalue weighted by Crippen LogP contribution is -2.33. The van der Waals surface area contributed by atoms with Crippen LogP contribution in [-0.4, -0.2) is 5.91 Å². The second-order valence-corrected chi connectivity index (χ2v) is 6.54. The third kappa shape index (κ3) is 2.71. The molecule has 2 heterocycles. The molecule has 2 unspecified atom stereocenters. The first-order valence-electron chi connectivity index (χ1n) is 6.96. The largest absolute Gasteiger partial charge is 0.324 e. The van der Waals surface area contributed by atoms with Crippen molar-refractivity contribution in [2.24, 2.45) is 5.92 Å². The zero-order valence-corrected chi connectivity index (χ0v) is 12.7. The van der Waals surface area contributed by atoms with Gasteiger partial charge in [0.25, 0.3) is 0 Å². The van der Waals surface area contributed by atoms with Gasteiger partial charge < -0.3 is 5.32 Å². The maximum Gasteiger partial charge on any atom is 0.246 e. The molecule has 1 aromatic heterocycles. The standard InChI is InChI=1S/C16H17FN2OS/c1-9(2)14(13-4-3-7-21-13)19-15-11-8-10(17)5-6-12(11)18-16(15)20/h3-9,14-15,19H,1-2H3,(H,18,20). The van der Waals surface area contributed by atoms with Crippen LogP contribution in [0.15, 0.2) is 35.7 Å². The van der Waals surface area contributed by atoms with Crippen LogP contribution in [0.3, 0.4) is 0 Å². The predicted molar refractivity (Wildman–Crippen MR) is 82.8 cm³/mol. The van der Waals surface area contributed by atoms with Crippen LogP contribution < -0.4 is 10.6 Å². The number of fused-ring (bicyclic) bond motifs is 1. The average Bonchev–Trinajstić information content (AvgIpc) is 3.04. The molecule has 21 heavy (non-hydrogen) atoms. The van der Waals surface area contributed by atoms with Gasteiger partial charge in [-0.3, -0.25) is 10.1 Å². The van der Waals surface area contributed by atoms with Crippen LogP contribution in [0.1, 0.15) is 36.4 Å². The van der Waals surface area contributed by atoms with Gasteiger partial charge in [-0.25, -0.2) is 4.39 Å². The van der Waals surface area contributed by atoms with Gasteiger partial charge in [-0.2, -0.15) is 0 Å². The molecule has 0 radical (unpaired) electrons. The van der Waals surface area contributed by atoms with E-state index in [2.05, 4.69) is 30.5 Å². The minimum Gasteiger partial charge on any atom is -0.324 e. The number of carbonyl (C=O) groups excluding carboxylic acids is 1. The first-order valence-corrected chi connectivity index (χ1v) is 7.84. The maximum absolute atomic E-state index is 13.5. The Bertz CT molecular complexity index is 654. The van der Waals surface area contributed by atoms with Crippen molar-refractivity contribution >= 4 is 22.9 Å². The molecule has 1 aromatic carbocycles. The number of hydrogen-bond acceptors (Lipinski definition) is 3. The van der Waals surface area contributed by atoms with Gasteiger partial charge in [0.2, 0.25) is 5.91 Å². The summed E-state index contributed by atoms with van der Waals surface area (Å²) < 4.78 is 13.5. The van der Waals surface area contributed by atoms with Gasteiger partial charge in [-0.15, -0.1) is 11.3 Å². The number of rotatable bonds is 4. The van der Waals surface area contributed by atoms with Gasteiger partial charge >= 0.3 is 0 Å². The van der Waals surface area contributed by atoms with Gasteiger partial charge in [0.05, 0.1) is 0 Å². The van der Waals surface area contributed by atoms with Crippen molar-refractivity contribution in [3.8, 4) is 0 Å². The van der Waals surface area contributed by atoms with Crippen molar-refractivity contribution < 1.29 is 9.18 Å². The average molecular weight is 304 g/mol. The van der Waals surface area contributed by atoms with Crippen molar-refractivity contribution in [3.05, 3.63) is 52.0 Å². The molecule has 0 fully saturated rings. The minimum atomic E-state index is -0.509. The first kappa shape index (κ1) is 14.2. The lowest BCUT2D eigenvalue weighted by atomic mass is 9.99. The maximum atomic E-state index is 13.5. The summed E-state index contributed by atoms with van der Waals surface area (Å²) in [5, 5.41) is 8.20. The van der Waals surface area contributed by atoms with E-state index in [4.69, 9.17) is 0 Å². The lowest BCUT2D eigenvalue weighted by molar-refractivity contribution is -0.117. The van der Waals surface area contributed by atoms with Crippen molar-refractivity contribution in [2.45, 2.75) is 25.9 Å². The molecule has 5 heteroatoms. The summed E-state index contributed by atoms with van der Waals surface area (Å²) in [5.41, 5.74) is 1.37. The monoisotopic (exact) mass is 304 g/mol. The molecule has 3 rings (SSSR count). The molecule has 110 valence electrons. The topological polar surface area (TPSA) is 41.1 Å². The molecule has 2 N–H and O–H groups in total. The Morgan fingerprint density at radius 1 is 1.33 bits per heavy atom. The number of thiophene rings is 1. The van der Waals surface area contributed by atoms with Crippen molar-refractivity contribution in [1.82, 2.24) is 5.32 Å². The highest BCUT2D eigenvalue weighted by Crippen LogP contribution is 2.35. The summed E-state index contributed by atoms with van der Waals surface area (Å²) >= 11 is 1.66. The van der Waals surface area contributed by atoms with Crippen LogP contribution in [0.4, 0.5) is 10.1 Å². The van der Waals surface area contributed by atoms with E-state index in [0.717, 1.165) is 0 Å². The summed E-state index contributed by atoms with van der Waals surface area (Å²) in [4.78, 5) is 13.4. The number of hydrogen-bond donors (Lipinski definition) is 2. The Labute approximate surface area is 127 Å². The highest BCUT2D eigenvalue weighted by Gasteiger charge is 2.33. The molecule has 2 atom stereocenters. The Morgan fingerprint density at radius 2 is 2.14 bits per heavy atom. The number of carbonyl (C=O) groups is 1. The number of amides is 1. The fourth-order valence-corrected chi connectivity index (χ4v) is 3.61. The van der Waals surface area contributed by atoms with E-state index in [9.17, 15) is 9.18 Å². The molecule has 2 aromatic rings. The number of halogens is 1. The molecular weight excluding hydrogens is 287 g/mol. The van der Waals surface area contributed by atoms with Crippen LogP contribution >= 0.6 is 11.3 Å². The molecule has 1 amide bonds. The quantitative estimate of drug-likeness (QED) is 0.900. The van der Waals surface area contributed by atoms with Gasteiger partial charge in [0, 0.05) is 22.2 Å². The Hall–Kier alpha value is -1.72. The SMILES string of the molecule is CC(C)C(NC1C(=O)Nc2ccc(F)cc21)c1cccs1. The van der Waals surface area contributed by atoms with E-state index >= 15 is 0 Å². The van der Waals surface area contributed by atoms with Crippen molar-refractivity contribution in [1.29, 1.82) is 0 Å². The molecule has 0 spiro atoms. The highest BCUT2D eigenvalue weighted by molar-refractivity contribution is 7.10. The van der Waals surface area contributed by atoms with Gasteiger partial charge in [0.15, 0.2) is 0 Å². The second kappa shape index (κ2) is 5.58. The van der Waals surface area contributed by atoms with Crippen molar-refractivity contribution in [3.63, 3.8) is 0 Å². The van der Waals surface area contributed by atoms with Gasteiger partial charge in [0.1, 0.15) is 11.9 Å². The number of anilines is 1. The van der Waals surface area contributed by atoms with E-state index in [-0.39, 0.29) is 17.8 Å². The van der Waals surface area contributed by atoms with Gasteiger partial charge in [-0.05, 0) is 35.6 Å². The summed E-state index contributed by atoms with van der Waals surface area (Å²) in [6.45, 7) is 4.22.